The van der Waals surface area contributed by atoms with Crippen molar-refractivity contribution < 1.29 is 21.8 Å². The summed E-state index contributed by atoms with van der Waals surface area (Å²) in [5.74, 6) is 0.0582. The first kappa shape index (κ1) is 17.9. The Labute approximate surface area is 178 Å². The Morgan fingerprint density at radius 3 is 2.52 bits per heavy atom. The summed E-state index contributed by atoms with van der Waals surface area (Å²) >= 11 is 6.16. The van der Waals surface area contributed by atoms with Crippen LogP contribution in [0.5, 0.6) is 0 Å². The fourth-order valence-electron chi connectivity index (χ4n) is 4.19. The highest BCUT2D eigenvalue weighted by Gasteiger charge is 2.37. The molecule has 0 saturated carbocycles. The molecule has 0 bridgehead atoms. The third-order valence-corrected chi connectivity index (χ3v) is 5.72. The molecule has 0 fully saturated rings. The number of carbonyl (C=O) groups excluding carboxylic acids is 1. The van der Waals surface area contributed by atoms with Gasteiger partial charge in [0.2, 0.25) is 5.69 Å². The van der Waals surface area contributed by atoms with Gasteiger partial charge in [0.15, 0.2) is 6.20 Å². The molecule has 1 N–H and O–H groups in total. The van der Waals surface area contributed by atoms with Gasteiger partial charge >= 0.3 is 0 Å². The maximum Gasteiger partial charge on any atom is 0.284 e. The molecule has 1 aliphatic rings. The van der Waals surface area contributed by atoms with Crippen LogP contribution in [0.15, 0.2) is 79.0 Å². The first-order chi connectivity index (χ1) is 13.7. The van der Waals surface area contributed by atoms with Gasteiger partial charge in [0, 0.05) is 33.4 Å². The minimum Gasteiger partial charge on any atom is -1.00 e. The molecule has 0 radical (unpaired) electrons. The van der Waals surface area contributed by atoms with Gasteiger partial charge in [-0.2, -0.15) is 4.57 Å². The van der Waals surface area contributed by atoms with Crippen molar-refractivity contribution in [2.24, 2.45) is 0 Å². The number of halogens is 2. The molecule has 5 heteroatoms. The zero-order valence-corrected chi connectivity index (χ0v) is 16.6. The molecule has 0 saturated heterocycles. The Morgan fingerprint density at radius 2 is 1.66 bits per heavy atom. The fourth-order valence-corrected chi connectivity index (χ4v) is 4.38. The lowest BCUT2D eigenvalue weighted by Gasteiger charge is -2.02. The van der Waals surface area contributed by atoms with Crippen LogP contribution in [0, 0.1) is 0 Å². The van der Waals surface area contributed by atoms with Gasteiger partial charge < -0.3 is 17.4 Å². The monoisotopic (exact) mass is 416 g/mol. The molecule has 1 aliphatic heterocycles. The lowest BCUT2D eigenvalue weighted by atomic mass is 10.0. The minimum atomic E-state index is 0. The van der Waals surface area contributed by atoms with E-state index in [0.717, 1.165) is 44.2 Å². The number of aromatic nitrogens is 2. The van der Waals surface area contributed by atoms with Crippen LogP contribution in [0.3, 0.4) is 0 Å². The topological polar surface area (TPSA) is 36.7 Å². The normalized spacial score (nSPS) is 12.1. The van der Waals surface area contributed by atoms with Crippen LogP contribution >= 0.6 is 11.6 Å². The van der Waals surface area contributed by atoms with Crippen molar-refractivity contribution in [1.29, 1.82) is 0 Å². The second-order valence-electron chi connectivity index (χ2n) is 7.07. The predicted octanol–water partition coefficient (Wildman–Crippen LogP) is 2.47. The predicted molar refractivity (Wildman–Crippen MR) is 111 cm³/mol. The van der Waals surface area contributed by atoms with E-state index in [1.54, 1.807) is 0 Å². The first-order valence-corrected chi connectivity index (χ1v) is 9.49. The highest BCUT2D eigenvalue weighted by Crippen LogP contribution is 2.33. The second kappa shape index (κ2) is 6.45. The average molecular weight is 417 g/mol. The lowest BCUT2D eigenvalue weighted by molar-refractivity contribution is -0.592. The summed E-state index contributed by atoms with van der Waals surface area (Å²) in [4.78, 5) is 16.5. The van der Waals surface area contributed by atoms with Crippen molar-refractivity contribution in [1.82, 2.24) is 4.98 Å². The van der Waals surface area contributed by atoms with Gasteiger partial charge in [-0.3, -0.25) is 4.79 Å². The number of hydrogen-bond acceptors (Lipinski definition) is 1. The van der Waals surface area contributed by atoms with Gasteiger partial charge in [0.05, 0.1) is 0 Å². The maximum atomic E-state index is 13.0. The van der Waals surface area contributed by atoms with Gasteiger partial charge in [-0.1, -0.05) is 41.9 Å². The summed E-state index contributed by atoms with van der Waals surface area (Å²) in [5, 5.41) is 2.86. The molecule has 3 aromatic carbocycles. The largest absolute Gasteiger partial charge is 1.00 e. The van der Waals surface area contributed by atoms with Gasteiger partial charge in [-0.05, 0) is 41.5 Å². The molecule has 2 aromatic heterocycles. The molecular weight excluding hydrogens is 403 g/mol. The maximum absolute atomic E-state index is 13.0. The van der Waals surface area contributed by atoms with E-state index in [0.29, 0.717) is 10.7 Å². The van der Waals surface area contributed by atoms with Gasteiger partial charge in [0.25, 0.3) is 11.5 Å². The SMILES string of the molecule is O=C1c2ccccc2-[n+]2ccc3c([nH]c4ccc(-c5cccc(Cl)c5)cc43)c21.[Cl-]. The number of nitrogens with one attached hydrogen (secondary N) is 1. The van der Waals surface area contributed by atoms with E-state index in [-0.39, 0.29) is 18.2 Å². The van der Waals surface area contributed by atoms with Crippen LogP contribution in [0.25, 0.3) is 38.6 Å². The molecule has 0 spiro atoms. The highest BCUT2D eigenvalue weighted by molar-refractivity contribution is 6.30. The Morgan fingerprint density at radius 1 is 0.828 bits per heavy atom. The summed E-state index contributed by atoms with van der Waals surface area (Å²) in [7, 11) is 0. The van der Waals surface area contributed by atoms with E-state index in [4.69, 9.17) is 11.6 Å². The van der Waals surface area contributed by atoms with E-state index in [1.165, 1.54) is 0 Å². The lowest BCUT2D eigenvalue weighted by Crippen LogP contribution is -3.00. The van der Waals surface area contributed by atoms with Crippen molar-refractivity contribution in [3.63, 3.8) is 0 Å². The molecule has 0 unspecified atom stereocenters. The number of rotatable bonds is 1. The van der Waals surface area contributed by atoms with Crippen LogP contribution in [-0.2, 0) is 0 Å². The molecule has 140 valence electrons. The number of carbonyl (C=O) groups is 1. The van der Waals surface area contributed by atoms with Crippen LogP contribution in [0.1, 0.15) is 16.1 Å². The Balaban J connectivity index is 0.00000181. The number of fused-ring (bicyclic) bond motifs is 7. The quantitative estimate of drug-likeness (QED) is 0.410. The van der Waals surface area contributed by atoms with E-state index < -0.39 is 0 Å². The molecule has 5 aromatic rings. The zero-order valence-electron chi connectivity index (χ0n) is 15.1. The molecule has 0 amide bonds. The van der Waals surface area contributed by atoms with E-state index in [2.05, 4.69) is 35.3 Å². The number of hydrogen-bond donors (Lipinski definition) is 1. The third kappa shape index (κ3) is 2.52. The smallest absolute Gasteiger partial charge is 0.284 e. The van der Waals surface area contributed by atoms with Crippen molar-refractivity contribution in [3.8, 4) is 16.8 Å². The fraction of sp³-hybridized carbons (Fsp3) is 0. The van der Waals surface area contributed by atoms with Crippen molar-refractivity contribution in [2.75, 3.05) is 0 Å². The van der Waals surface area contributed by atoms with Crippen LogP contribution in [0.2, 0.25) is 5.02 Å². The summed E-state index contributed by atoms with van der Waals surface area (Å²) in [6, 6.07) is 24.0. The molecule has 6 rings (SSSR count). The Kier molecular flexibility index (Phi) is 3.98. The molecule has 3 nitrogen and oxygen atoms in total. The van der Waals surface area contributed by atoms with Crippen molar-refractivity contribution >= 4 is 39.2 Å². The molecule has 29 heavy (non-hydrogen) atoms. The number of pyridine rings is 1. The van der Waals surface area contributed by atoms with Gasteiger partial charge in [-0.15, -0.1) is 0 Å². The van der Waals surface area contributed by atoms with E-state index >= 15 is 0 Å². The number of aromatic amines is 1. The molecule has 0 aliphatic carbocycles. The van der Waals surface area contributed by atoms with E-state index in [1.807, 2.05) is 53.2 Å². The molecular formula is C24H14Cl2N2O. The van der Waals surface area contributed by atoms with Crippen LogP contribution in [-0.4, -0.2) is 10.8 Å². The first-order valence-electron chi connectivity index (χ1n) is 9.11. The van der Waals surface area contributed by atoms with Crippen molar-refractivity contribution in [3.05, 3.63) is 95.3 Å². The van der Waals surface area contributed by atoms with Crippen molar-refractivity contribution in [2.45, 2.75) is 0 Å². The minimum absolute atomic E-state index is 0. The third-order valence-electron chi connectivity index (χ3n) is 5.49. The van der Waals surface area contributed by atoms with Crippen LogP contribution in [0.4, 0.5) is 0 Å². The molecule has 3 heterocycles. The Bertz CT molecular complexity index is 1450. The van der Waals surface area contributed by atoms with Crippen LogP contribution < -0.4 is 17.0 Å². The number of nitrogens with zero attached hydrogens (tertiary/aromatic N) is 1. The number of ketones is 1. The summed E-state index contributed by atoms with van der Waals surface area (Å²) in [6.45, 7) is 0. The van der Waals surface area contributed by atoms with Gasteiger partial charge in [-0.25, -0.2) is 0 Å². The summed E-state index contributed by atoms with van der Waals surface area (Å²) < 4.78 is 1.98. The number of H-pyrrole nitrogens is 1. The van der Waals surface area contributed by atoms with Gasteiger partial charge in [0.1, 0.15) is 11.1 Å². The highest BCUT2D eigenvalue weighted by atomic mass is 35.5. The van der Waals surface area contributed by atoms with E-state index in [9.17, 15) is 4.79 Å². The standard InChI is InChI=1S/C24H13ClN2O.ClH/c25-16-5-3-4-14(12-16)15-8-9-20-19(13-15)17-10-11-27-21-7-2-1-6-18(21)24(28)23(27)22(17)26-20;/h1-13H;1H. The number of benzene rings is 3. The summed E-state index contributed by atoms with van der Waals surface area (Å²) in [6.07, 6.45) is 1.99. The summed E-state index contributed by atoms with van der Waals surface area (Å²) in [5.41, 5.74) is 6.43. The zero-order chi connectivity index (χ0) is 18.8. The second-order valence-corrected chi connectivity index (χ2v) is 7.50. The average Bonchev–Trinajstić information content (AvgIpc) is 3.23. The number of para-hydroxylation sites is 1. The Hall–Kier alpha value is -3.14. The molecule has 0 atom stereocenters.